The lowest BCUT2D eigenvalue weighted by Gasteiger charge is -2.07. The number of nitrogens with zero attached hydrogens (tertiary/aromatic N) is 2. The number of aromatic nitrogens is 2. The highest BCUT2D eigenvalue weighted by molar-refractivity contribution is 4.84. The van der Waals surface area contributed by atoms with Gasteiger partial charge in [0.2, 0.25) is 0 Å². The van der Waals surface area contributed by atoms with E-state index in [2.05, 4.69) is 42.3 Å². The summed E-state index contributed by atoms with van der Waals surface area (Å²) in [7, 11) is 0. The summed E-state index contributed by atoms with van der Waals surface area (Å²) in [6.45, 7) is 9.38. The van der Waals surface area contributed by atoms with Crippen LogP contribution >= 0.6 is 0 Å². The highest BCUT2D eigenvalue weighted by Gasteiger charge is 2.16. The van der Waals surface area contributed by atoms with Crippen molar-refractivity contribution < 1.29 is 4.57 Å². The SMILES string of the molecule is CCCCCCCCCCCCCc1n(CCCCCCCCC)cc[n+]1CCCCCCCCC. The van der Waals surface area contributed by atoms with E-state index >= 15 is 0 Å². The van der Waals surface area contributed by atoms with E-state index in [1.165, 1.54) is 180 Å². The maximum Gasteiger partial charge on any atom is 0.256 e. The van der Waals surface area contributed by atoms with Crippen LogP contribution in [0.5, 0.6) is 0 Å². The van der Waals surface area contributed by atoms with Crippen molar-refractivity contribution in [1.82, 2.24) is 4.57 Å². The zero-order chi connectivity index (χ0) is 25.9. The Hall–Kier alpha value is -0.790. The van der Waals surface area contributed by atoms with Crippen molar-refractivity contribution in [1.29, 1.82) is 0 Å². The first kappa shape index (κ1) is 33.2. The topological polar surface area (TPSA) is 8.81 Å². The Morgan fingerprint density at radius 2 is 0.861 bits per heavy atom. The predicted molar refractivity (Wildman–Crippen MR) is 161 cm³/mol. The molecule has 0 saturated heterocycles. The molecule has 0 aliphatic rings. The van der Waals surface area contributed by atoms with Crippen molar-refractivity contribution in [2.24, 2.45) is 0 Å². The minimum absolute atomic E-state index is 1.23. The molecule has 36 heavy (non-hydrogen) atoms. The number of hydrogen-bond donors (Lipinski definition) is 0. The van der Waals surface area contributed by atoms with Gasteiger partial charge in [0, 0.05) is 6.42 Å². The standard InChI is InChI=1S/C34H67N2/c1-4-7-10-13-16-17-18-19-20-23-26-29-34-35(30-27-24-21-14-11-8-5-2)32-33-36(34)31-28-25-22-15-12-9-6-3/h32-33H,4-31H2,1-3H3/q+1. The molecule has 0 aliphatic carbocycles. The van der Waals surface area contributed by atoms with Crippen LogP contribution < -0.4 is 4.57 Å². The Balaban J connectivity index is 2.33. The second kappa shape index (κ2) is 25.8. The molecule has 2 nitrogen and oxygen atoms in total. The second-order valence-corrected chi connectivity index (χ2v) is 11.6. The van der Waals surface area contributed by atoms with E-state index in [-0.39, 0.29) is 0 Å². The monoisotopic (exact) mass is 504 g/mol. The highest BCUT2D eigenvalue weighted by atomic mass is 15.1. The predicted octanol–water partition coefficient (Wildman–Crippen LogP) is 11.1. The molecule has 1 heterocycles. The summed E-state index contributed by atoms with van der Waals surface area (Å²) in [5.41, 5.74) is 0. The fourth-order valence-electron chi connectivity index (χ4n) is 5.62. The quantitative estimate of drug-likeness (QED) is 0.0794. The first-order valence-corrected chi connectivity index (χ1v) is 16.9. The molecule has 0 bridgehead atoms. The van der Waals surface area contributed by atoms with Gasteiger partial charge in [-0.05, 0) is 32.1 Å². The first-order valence-electron chi connectivity index (χ1n) is 16.9. The van der Waals surface area contributed by atoms with Gasteiger partial charge in [-0.25, -0.2) is 9.13 Å². The molecule has 0 aliphatic heterocycles. The van der Waals surface area contributed by atoms with Gasteiger partial charge in [-0.15, -0.1) is 0 Å². The van der Waals surface area contributed by atoms with Crippen molar-refractivity contribution in [2.45, 2.75) is 201 Å². The number of rotatable bonds is 28. The Labute approximate surface area is 228 Å². The largest absolute Gasteiger partial charge is 0.256 e. The smallest absolute Gasteiger partial charge is 0.234 e. The van der Waals surface area contributed by atoms with Crippen molar-refractivity contribution in [3.63, 3.8) is 0 Å². The van der Waals surface area contributed by atoms with Crippen molar-refractivity contribution in [3.8, 4) is 0 Å². The maximum absolute atomic E-state index is 2.61. The molecule has 2 heteroatoms. The number of imidazole rings is 1. The maximum atomic E-state index is 2.61. The summed E-state index contributed by atoms with van der Waals surface area (Å²) < 4.78 is 5.23. The molecule has 1 aromatic rings. The molecule has 0 fully saturated rings. The molecule has 1 aromatic heterocycles. The van der Waals surface area contributed by atoms with Crippen LogP contribution in [0.1, 0.15) is 187 Å². The van der Waals surface area contributed by atoms with Crippen LogP contribution in [-0.4, -0.2) is 4.57 Å². The van der Waals surface area contributed by atoms with Crippen molar-refractivity contribution >= 4 is 0 Å². The van der Waals surface area contributed by atoms with Gasteiger partial charge in [0.15, 0.2) is 0 Å². The molecule has 1 rings (SSSR count). The van der Waals surface area contributed by atoms with E-state index in [4.69, 9.17) is 0 Å². The molecular weight excluding hydrogens is 436 g/mol. The lowest BCUT2D eigenvalue weighted by Crippen LogP contribution is -2.37. The molecule has 0 atom stereocenters. The number of unbranched alkanes of at least 4 members (excludes halogenated alkanes) is 22. The van der Waals surface area contributed by atoms with Crippen LogP contribution in [0, 0.1) is 0 Å². The molecule has 0 spiro atoms. The third kappa shape index (κ3) is 18.5. The molecule has 0 amide bonds. The average Bonchev–Trinajstić information content (AvgIpc) is 3.27. The van der Waals surface area contributed by atoms with E-state index in [1.807, 2.05) is 0 Å². The second-order valence-electron chi connectivity index (χ2n) is 11.6. The molecule has 0 N–H and O–H groups in total. The lowest BCUT2D eigenvalue weighted by atomic mass is 10.1. The van der Waals surface area contributed by atoms with Crippen molar-refractivity contribution in [3.05, 3.63) is 18.2 Å². The van der Waals surface area contributed by atoms with Crippen LogP contribution in [-0.2, 0) is 19.5 Å². The molecule has 0 radical (unpaired) electrons. The Morgan fingerprint density at radius 1 is 0.472 bits per heavy atom. The Kier molecular flexibility index (Phi) is 23.9. The average molecular weight is 504 g/mol. The lowest BCUT2D eigenvalue weighted by molar-refractivity contribution is -0.704. The Bertz CT molecular complexity index is 526. The normalized spacial score (nSPS) is 11.5. The molecule has 212 valence electrons. The molecule has 0 unspecified atom stereocenters. The summed E-state index contributed by atoms with van der Waals surface area (Å²) in [5.74, 6) is 1.61. The van der Waals surface area contributed by atoms with Gasteiger partial charge in [-0.2, -0.15) is 0 Å². The number of hydrogen-bond acceptors (Lipinski definition) is 0. The molecule has 0 aromatic carbocycles. The summed E-state index contributed by atoms with van der Waals surface area (Å²) >= 11 is 0. The molecule has 0 saturated carbocycles. The van der Waals surface area contributed by atoms with Crippen LogP contribution in [0.4, 0.5) is 0 Å². The number of aryl methyl sites for hydroxylation is 2. The molecular formula is C34H67N2+. The third-order valence-electron chi connectivity index (χ3n) is 8.10. The zero-order valence-electron chi connectivity index (χ0n) is 25.3. The van der Waals surface area contributed by atoms with E-state index in [0.717, 1.165) is 0 Å². The van der Waals surface area contributed by atoms with Crippen molar-refractivity contribution in [2.75, 3.05) is 0 Å². The first-order chi connectivity index (χ1) is 17.8. The fraction of sp³-hybridized carbons (Fsp3) is 0.912. The van der Waals surface area contributed by atoms with Gasteiger partial charge in [0.1, 0.15) is 12.4 Å². The minimum atomic E-state index is 1.23. The van der Waals surface area contributed by atoms with Gasteiger partial charge >= 0.3 is 0 Å². The van der Waals surface area contributed by atoms with E-state index in [0.29, 0.717) is 0 Å². The summed E-state index contributed by atoms with van der Waals surface area (Å²) in [5, 5.41) is 0. The Morgan fingerprint density at radius 3 is 1.33 bits per heavy atom. The van der Waals surface area contributed by atoms with Gasteiger partial charge in [0.25, 0.3) is 5.82 Å². The van der Waals surface area contributed by atoms with Gasteiger partial charge in [-0.1, -0.05) is 149 Å². The summed E-state index contributed by atoms with van der Waals surface area (Å²) in [6.07, 6.45) is 41.4. The fourth-order valence-corrected chi connectivity index (χ4v) is 5.62. The van der Waals surface area contributed by atoms with Gasteiger partial charge < -0.3 is 0 Å². The van der Waals surface area contributed by atoms with Gasteiger partial charge in [0.05, 0.1) is 13.1 Å². The van der Waals surface area contributed by atoms with E-state index < -0.39 is 0 Å². The van der Waals surface area contributed by atoms with Crippen LogP contribution in [0.25, 0.3) is 0 Å². The summed E-state index contributed by atoms with van der Waals surface area (Å²) in [6, 6.07) is 0. The van der Waals surface area contributed by atoms with Crippen LogP contribution in [0.15, 0.2) is 12.4 Å². The highest BCUT2D eigenvalue weighted by Crippen LogP contribution is 2.14. The summed E-state index contributed by atoms with van der Waals surface area (Å²) in [4.78, 5) is 0. The van der Waals surface area contributed by atoms with Crippen LogP contribution in [0.2, 0.25) is 0 Å². The van der Waals surface area contributed by atoms with Crippen LogP contribution in [0.3, 0.4) is 0 Å². The zero-order valence-corrected chi connectivity index (χ0v) is 25.3. The van der Waals surface area contributed by atoms with E-state index in [9.17, 15) is 0 Å². The third-order valence-corrected chi connectivity index (χ3v) is 8.10. The van der Waals surface area contributed by atoms with Gasteiger partial charge in [-0.3, -0.25) is 0 Å². The van der Waals surface area contributed by atoms with E-state index in [1.54, 1.807) is 5.82 Å². The minimum Gasteiger partial charge on any atom is -0.234 e.